The molecule has 2 saturated carbocycles. The van der Waals surface area contributed by atoms with Crippen LogP contribution in [0, 0.1) is 17.2 Å². The van der Waals surface area contributed by atoms with Crippen molar-refractivity contribution >= 4 is 5.95 Å². The first-order chi connectivity index (χ1) is 13.0. The Morgan fingerprint density at radius 1 is 1.30 bits per heavy atom. The van der Waals surface area contributed by atoms with E-state index in [0.29, 0.717) is 29.6 Å². The van der Waals surface area contributed by atoms with Crippen molar-refractivity contribution in [3.8, 4) is 6.07 Å². The molecule has 0 aliphatic heterocycles. The number of nitrogens with zero attached hydrogens (tertiary/aromatic N) is 3. The lowest BCUT2D eigenvalue weighted by molar-refractivity contribution is 0.0318. The van der Waals surface area contributed by atoms with E-state index >= 15 is 0 Å². The molecule has 2 N–H and O–H groups in total. The molecule has 0 bridgehead atoms. The second-order valence-corrected chi connectivity index (χ2v) is 8.54. The Labute approximate surface area is 162 Å². The molecule has 1 aromatic rings. The van der Waals surface area contributed by atoms with Gasteiger partial charge in [0.15, 0.2) is 0 Å². The Morgan fingerprint density at radius 2 is 2.07 bits per heavy atom. The van der Waals surface area contributed by atoms with Crippen LogP contribution in [0.2, 0.25) is 0 Å². The van der Waals surface area contributed by atoms with Crippen molar-refractivity contribution in [2.45, 2.75) is 88.9 Å². The van der Waals surface area contributed by atoms with Crippen molar-refractivity contribution in [1.82, 2.24) is 9.97 Å². The number of aromatic nitrogens is 2. The van der Waals surface area contributed by atoms with Crippen molar-refractivity contribution in [3.05, 3.63) is 17.5 Å². The van der Waals surface area contributed by atoms with Crippen LogP contribution in [-0.2, 0) is 11.2 Å². The lowest BCUT2D eigenvalue weighted by Crippen LogP contribution is -2.30. The molecule has 1 heterocycles. The van der Waals surface area contributed by atoms with Crippen molar-refractivity contribution < 1.29 is 9.84 Å². The molecule has 2 atom stereocenters. The minimum Gasteiger partial charge on any atom is -0.390 e. The Kier molecular flexibility index (Phi) is 6.67. The summed E-state index contributed by atoms with van der Waals surface area (Å²) in [4.78, 5) is 9.05. The van der Waals surface area contributed by atoms with Gasteiger partial charge in [0, 0.05) is 13.2 Å². The maximum atomic E-state index is 10.5. The summed E-state index contributed by atoms with van der Waals surface area (Å²) in [5.74, 6) is 0.972. The molecule has 6 heteroatoms. The molecular weight excluding hydrogens is 340 g/mol. The maximum Gasteiger partial charge on any atom is 0.223 e. The topological polar surface area (TPSA) is 91.1 Å². The van der Waals surface area contributed by atoms with Gasteiger partial charge in [0.25, 0.3) is 0 Å². The fraction of sp³-hybridized carbons (Fsp3) is 0.762. The highest BCUT2D eigenvalue weighted by atomic mass is 16.5. The van der Waals surface area contributed by atoms with Gasteiger partial charge in [-0.05, 0) is 64.2 Å². The highest BCUT2D eigenvalue weighted by Gasteiger charge is 2.29. The first-order valence-corrected chi connectivity index (χ1v) is 10.3. The molecule has 3 rings (SSSR count). The molecule has 0 unspecified atom stereocenters. The van der Waals surface area contributed by atoms with E-state index in [1.807, 2.05) is 6.92 Å². The lowest BCUT2D eigenvalue weighted by atomic mass is 9.87. The zero-order chi connectivity index (χ0) is 19.3. The van der Waals surface area contributed by atoms with Crippen LogP contribution in [0.1, 0.15) is 76.0 Å². The Morgan fingerprint density at radius 3 is 2.78 bits per heavy atom. The summed E-state index contributed by atoms with van der Waals surface area (Å²) < 4.78 is 5.44. The number of ether oxygens (including phenoxy) is 1. The summed E-state index contributed by atoms with van der Waals surface area (Å²) in [6, 6.07) is 2.59. The fourth-order valence-electron chi connectivity index (χ4n) is 4.57. The minimum atomic E-state index is -0.609. The number of hydrogen-bond donors (Lipinski definition) is 2. The SMILES string of the molecule is COC1CCC(Nc2ncc(C#N)c(C[C@H]3CCCC[C@@](C)(O)C3)n2)CC1. The van der Waals surface area contributed by atoms with Gasteiger partial charge in [0.2, 0.25) is 5.95 Å². The maximum absolute atomic E-state index is 10.5. The molecule has 0 aromatic carbocycles. The average Bonchev–Trinajstić information content (AvgIpc) is 2.82. The number of hydrogen-bond acceptors (Lipinski definition) is 6. The Hall–Kier alpha value is -1.71. The normalized spacial score (nSPS) is 31.7. The van der Waals surface area contributed by atoms with E-state index < -0.39 is 5.60 Å². The van der Waals surface area contributed by atoms with Gasteiger partial charge in [-0.1, -0.05) is 12.8 Å². The second-order valence-electron chi connectivity index (χ2n) is 8.54. The zero-order valence-electron chi connectivity index (χ0n) is 16.6. The summed E-state index contributed by atoms with van der Waals surface area (Å²) >= 11 is 0. The molecule has 2 aliphatic rings. The molecule has 0 saturated heterocycles. The smallest absolute Gasteiger partial charge is 0.223 e. The van der Waals surface area contributed by atoms with Crippen LogP contribution in [-0.4, -0.2) is 39.9 Å². The van der Waals surface area contributed by atoms with Gasteiger partial charge in [0.1, 0.15) is 6.07 Å². The van der Waals surface area contributed by atoms with Crippen LogP contribution in [0.3, 0.4) is 0 Å². The van der Waals surface area contributed by atoms with Gasteiger partial charge in [-0.3, -0.25) is 0 Å². The number of nitriles is 1. The fourth-order valence-corrected chi connectivity index (χ4v) is 4.57. The number of aliphatic hydroxyl groups is 1. The molecule has 0 spiro atoms. The van der Waals surface area contributed by atoms with E-state index in [9.17, 15) is 10.4 Å². The van der Waals surface area contributed by atoms with E-state index in [0.717, 1.165) is 69.9 Å². The summed E-state index contributed by atoms with van der Waals surface area (Å²) in [5, 5.41) is 23.4. The van der Waals surface area contributed by atoms with Crippen LogP contribution < -0.4 is 5.32 Å². The van der Waals surface area contributed by atoms with Gasteiger partial charge in [-0.25, -0.2) is 9.97 Å². The minimum absolute atomic E-state index is 0.356. The van der Waals surface area contributed by atoms with Crippen LogP contribution in [0.15, 0.2) is 6.20 Å². The van der Waals surface area contributed by atoms with Gasteiger partial charge in [-0.15, -0.1) is 0 Å². The number of methoxy groups -OCH3 is 1. The van der Waals surface area contributed by atoms with Gasteiger partial charge >= 0.3 is 0 Å². The molecule has 1 aromatic heterocycles. The van der Waals surface area contributed by atoms with Crippen LogP contribution >= 0.6 is 0 Å². The third-order valence-corrected chi connectivity index (χ3v) is 6.12. The molecule has 0 amide bonds. The summed E-state index contributed by atoms with van der Waals surface area (Å²) in [5.41, 5.74) is 0.748. The third kappa shape index (κ3) is 5.63. The molecule has 27 heavy (non-hydrogen) atoms. The summed E-state index contributed by atoms with van der Waals surface area (Å²) in [7, 11) is 1.78. The first kappa shape index (κ1) is 20.0. The largest absolute Gasteiger partial charge is 0.390 e. The standard InChI is InChI=1S/C21H32N4O2/c1-21(26)10-4-3-5-15(12-21)11-19-16(13-22)14-23-20(25-19)24-17-6-8-18(27-2)9-7-17/h14-15,17-18,26H,3-12H2,1-2H3,(H,23,24,25)/t15-,17?,18?,21-/m1/s1. The Balaban J connectivity index is 1.67. The van der Waals surface area contributed by atoms with Crippen molar-refractivity contribution in [1.29, 1.82) is 5.26 Å². The van der Waals surface area contributed by atoms with E-state index in [1.165, 1.54) is 0 Å². The van der Waals surface area contributed by atoms with E-state index in [4.69, 9.17) is 9.72 Å². The molecule has 148 valence electrons. The quantitative estimate of drug-likeness (QED) is 0.768. The molecule has 0 radical (unpaired) electrons. The predicted molar refractivity (Wildman–Crippen MR) is 104 cm³/mol. The molecule has 2 aliphatic carbocycles. The van der Waals surface area contributed by atoms with Crippen molar-refractivity contribution in [3.63, 3.8) is 0 Å². The van der Waals surface area contributed by atoms with E-state index in [2.05, 4.69) is 16.4 Å². The van der Waals surface area contributed by atoms with Crippen LogP contribution in [0.4, 0.5) is 5.95 Å². The Bertz CT molecular complexity index is 663. The number of anilines is 1. The first-order valence-electron chi connectivity index (χ1n) is 10.3. The third-order valence-electron chi connectivity index (χ3n) is 6.12. The van der Waals surface area contributed by atoms with Gasteiger partial charge in [-0.2, -0.15) is 5.26 Å². The highest BCUT2D eigenvalue weighted by molar-refractivity contribution is 5.37. The predicted octanol–water partition coefficient (Wildman–Crippen LogP) is 3.59. The van der Waals surface area contributed by atoms with E-state index in [1.54, 1.807) is 13.3 Å². The van der Waals surface area contributed by atoms with Gasteiger partial charge in [0.05, 0.1) is 29.2 Å². The van der Waals surface area contributed by atoms with Crippen molar-refractivity contribution in [2.24, 2.45) is 5.92 Å². The highest BCUT2D eigenvalue weighted by Crippen LogP contribution is 2.33. The van der Waals surface area contributed by atoms with Crippen LogP contribution in [0.25, 0.3) is 0 Å². The zero-order valence-corrected chi connectivity index (χ0v) is 16.6. The number of rotatable bonds is 5. The molecular formula is C21H32N4O2. The summed E-state index contributed by atoms with van der Waals surface area (Å²) in [6.07, 6.45) is 11.8. The lowest BCUT2D eigenvalue weighted by Gasteiger charge is -2.28. The average molecular weight is 373 g/mol. The van der Waals surface area contributed by atoms with Gasteiger partial charge < -0.3 is 15.2 Å². The molecule has 2 fully saturated rings. The van der Waals surface area contributed by atoms with Crippen molar-refractivity contribution in [2.75, 3.05) is 12.4 Å². The molecule has 6 nitrogen and oxygen atoms in total. The number of nitrogens with one attached hydrogen (secondary N) is 1. The monoisotopic (exact) mass is 372 g/mol. The van der Waals surface area contributed by atoms with Crippen LogP contribution in [0.5, 0.6) is 0 Å². The summed E-state index contributed by atoms with van der Waals surface area (Å²) in [6.45, 7) is 1.93. The van der Waals surface area contributed by atoms with E-state index in [-0.39, 0.29) is 0 Å². The second kappa shape index (κ2) is 8.99.